The summed E-state index contributed by atoms with van der Waals surface area (Å²) in [5.74, 6) is 0.615. The molecule has 0 radical (unpaired) electrons. The highest BCUT2D eigenvalue weighted by Crippen LogP contribution is 2.20. The van der Waals surface area contributed by atoms with Crippen LogP contribution in [0.4, 0.5) is 11.4 Å². The van der Waals surface area contributed by atoms with Gasteiger partial charge in [0.05, 0.1) is 12.0 Å². The Morgan fingerprint density at radius 3 is 2.09 bits per heavy atom. The Morgan fingerprint density at radius 1 is 1.00 bits per heavy atom. The third-order valence-electron chi connectivity index (χ3n) is 3.53. The summed E-state index contributed by atoms with van der Waals surface area (Å²) in [6, 6.07) is 13.8. The van der Waals surface area contributed by atoms with Crippen LogP contribution in [0.15, 0.2) is 53.4 Å². The van der Waals surface area contributed by atoms with Gasteiger partial charge in [-0.25, -0.2) is 8.42 Å². The van der Waals surface area contributed by atoms with Crippen molar-refractivity contribution < 1.29 is 13.2 Å². The first-order valence-corrected chi connectivity index (χ1v) is 8.96. The first-order valence-electron chi connectivity index (χ1n) is 7.48. The molecule has 0 aliphatic heterocycles. The molecule has 5 nitrogen and oxygen atoms in total. The largest absolute Gasteiger partial charge is 0.497 e. The summed E-state index contributed by atoms with van der Waals surface area (Å²) in [7, 11) is -2.07. The Labute approximate surface area is 137 Å². The smallest absolute Gasteiger partial charge is 0.261 e. The van der Waals surface area contributed by atoms with Gasteiger partial charge in [-0.05, 0) is 61.9 Å². The lowest BCUT2D eigenvalue weighted by Gasteiger charge is -2.14. The molecule has 0 bridgehead atoms. The van der Waals surface area contributed by atoms with Crippen LogP contribution in [0.5, 0.6) is 5.75 Å². The lowest BCUT2D eigenvalue weighted by atomic mass is 10.2. The predicted molar refractivity (Wildman–Crippen MR) is 93.6 cm³/mol. The average Bonchev–Trinajstić information content (AvgIpc) is 2.56. The topological polar surface area (TPSA) is 67.4 Å². The number of rotatable bonds is 7. The van der Waals surface area contributed by atoms with Crippen LogP contribution < -0.4 is 14.8 Å². The van der Waals surface area contributed by atoms with Gasteiger partial charge in [0.25, 0.3) is 10.0 Å². The molecule has 0 aromatic heterocycles. The van der Waals surface area contributed by atoms with Crippen molar-refractivity contribution in [1.29, 1.82) is 0 Å². The Kier molecular flexibility index (Phi) is 5.50. The molecule has 2 rings (SSSR count). The lowest BCUT2D eigenvalue weighted by molar-refractivity contribution is 0.414. The quantitative estimate of drug-likeness (QED) is 0.810. The maximum Gasteiger partial charge on any atom is 0.261 e. The third-order valence-corrected chi connectivity index (χ3v) is 4.93. The van der Waals surface area contributed by atoms with Crippen molar-refractivity contribution in [3.05, 3.63) is 48.5 Å². The van der Waals surface area contributed by atoms with E-state index in [0.717, 1.165) is 12.1 Å². The summed E-state index contributed by atoms with van der Waals surface area (Å²) in [6.45, 7) is 4.20. The van der Waals surface area contributed by atoms with Gasteiger partial charge in [-0.15, -0.1) is 0 Å². The highest BCUT2D eigenvalue weighted by Gasteiger charge is 2.14. The first-order chi connectivity index (χ1) is 10.9. The number of ether oxygens (including phenoxy) is 1. The number of hydrogen-bond acceptors (Lipinski definition) is 4. The predicted octanol–water partition coefficient (Wildman–Crippen LogP) is 3.71. The Hall–Kier alpha value is -2.21. The molecule has 1 atom stereocenters. The lowest BCUT2D eigenvalue weighted by Crippen LogP contribution is -2.14. The zero-order chi connectivity index (χ0) is 16.9. The van der Waals surface area contributed by atoms with Crippen LogP contribution in [0, 0.1) is 0 Å². The van der Waals surface area contributed by atoms with Crippen molar-refractivity contribution in [1.82, 2.24) is 0 Å². The molecular formula is C17H22N2O3S. The summed E-state index contributed by atoms with van der Waals surface area (Å²) < 4.78 is 32.3. The van der Waals surface area contributed by atoms with E-state index in [2.05, 4.69) is 23.9 Å². The second-order valence-corrected chi connectivity index (χ2v) is 6.99. The minimum Gasteiger partial charge on any atom is -0.497 e. The number of methoxy groups -OCH3 is 1. The van der Waals surface area contributed by atoms with Gasteiger partial charge in [0, 0.05) is 17.4 Å². The van der Waals surface area contributed by atoms with Crippen LogP contribution in [-0.4, -0.2) is 21.6 Å². The van der Waals surface area contributed by atoms with Crippen molar-refractivity contribution in [2.75, 3.05) is 17.1 Å². The van der Waals surface area contributed by atoms with Crippen LogP contribution in [-0.2, 0) is 10.0 Å². The van der Waals surface area contributed by atoms with E-state index >= 15 is 0 Å². The fraction of sp³-hybridized carbons (Fsp3) is 0.294. The second-order valence-electron chi connectivity index (χ2n) is 5.31. The summed E-state index contributed by atoms with van der Waals surface area (Å²) >= 11 is 0. The third kappa shape index (κ3) is 4.63. The molecule has 124 valence electrons. The molecule has 0 aliphatic carbocycles. The molecule has 0 aliphatic rings. The molecule has 0 spiro atoms. The van der Waals surface area contributed by atoms with Gasteiger partial charge in [-0.2, -0.15) is 0 Å². The maximum atomic E-state index is 12.3. The molecule has 0 fully saturated rings. The number of sulfonamides is 1. The van der Waals surface area contributed by atoms with Crippen LogP contribution in [0.25, 0.3) is 0 Å². The van der Waals surface area contributed by atoms with E-state index < -0.39 is 10.0 Å². The van der Waals surface area contributed by atoms with Gasteiger partial charge < -0.3 is 10.1 Å². The summed E-state index contributed by atoms with van der Waals surface area (Å²) in [5, 5.41) is 3.33. The summed E-state index contributed by atoms with van der Waals surface area (Å²) in [4.78, 5) is 0.195. The molecule has 2 N–H and O–H groups in total. The molecule has 1 unspecified atom stereocenters. The van der Waals surface area contributed by atoms with Gasteiger partial charge in [-0.3, -0.25) is 4.72 Å². The SMILES string of the molecule is CCC(C)Nc1ccc(NS(=O)(=O)c2ccc(OC)cc2)cc1. The zero-order valence-electron chi connectivity index (χ0n) is 13.5. The molecule has 0 amide bonds. The number of anilines is 2. The molecular weight excluding hydrogens is 312 g/mol. The highest BCUT2D eigenvalue weighted by molar-refractivity contribution is 7.92. The van der Waals surface area contributed by atoms with Gasteiger partial charge >= 0.3 is 0 Å². The fourth-order valence-corrected chi connectivity index (χ4v) is 3.05. The van der Waals surface area contributed by atoms with E-state index in [9.17, 15) is 8.42 Å². The minimum atomic E-state index is -3.60. The maximum absolute atomic E-state index is 12.3. The van der Waals surface area contributed by atoms with E-state index in [0.29, 0.717) is 17.5 Å². The average molecular weight is 334 g/mol. The molecule has 0 saturated carbocycles. The molecule has 2 aromatic carbocycles. The van der Waals surface area contributed by atoms with E-state index in [1.165, 1.54) is 19.2 Å². The molecule has 0 heterocycles. The number of hydrogen-bond donors (Lipinski definition) is 2. The van der Waals surface area contributed by atoms with E-state index in [-0.39, 0.29) is 4.90 Å². The normalized spacial score (nSPS) is 12.5. The molecule has 6 heteroatoms. The van der Waals surface area contributed by atoms with Crippen molar-refractivity contribution in [2.45, 2.75) is 31.2 Å². The zero-order valence-corrected chi connectivity index (χ0v) is 14.4. The minimum absolute atomic E-state index is 0.195. The van der Waals surface area contributed by atoms with Crippen molar-refractivity contribution in [3.63, 3.8) is 0 Å². The van der Waals surface area contributed by atoms with Crippen molar-refractivity contribution >= 4 is 21.4 Å². The van der Waals surface area contributed by atoms with Gasteiger partial charge in [0.1, 0.15) is 5.75 Å². The van der Waals surface area contributed by atoms with Crippen LogP contribution in [0.2, 0.25) is 0 Å². The molecule has 0 saturated heterocycles. The highest BCUT2D eigenvalue weighted by atomic mass is 32.2. The fourth-order valence-electron chi connectivity index (χ4n) is 1.99. The van der Waals surface area contributed by atoms with E-state index in [1.54, 1.807) is 24.3 Å². The standard InChI is InChI=1S/C17H22N2O3S/c1-4-13(2)18-14-5-7-15(8-6-14)19-23(20,21)17-11-9-16(22-3)10-12-17/h5-13,18-19H,4H2,1-3H3. The van der Waals surface area contributed by atoms with Crippen molar-refractivity contribution in [2.24, 2.45) is 0 Å². The van der Waals surface area contributed by atoms with E-state index in [4.69, 9.17) is 4.74 Å². The number of nitrogens with one attached hydrogen (secondary N) is 2. The Morgan fingerprint density at radius 2 is 1.57 bits per heavy atom. The van der Waals surface area contributed by atoms with E-state index in [1.807, 2.05) is 12.1 Å². The second kappa shape index (κ2) is 7.37. The van der Waals surface area contributed by atoms with Gasteiger partial charge in [-0.1, -0.05) is 6.92 Å². The first kappa shape index (κ1) is 17.1. The Balaban J connectivity index is 2.10. The van der Waals surface area contributed by atoms with Gasteiger partial charge in [0.2, 0.25) is 0 Å². The van der Waals surface area contributed by atoms with Crippen molar-refractivity contribution in [3.8, 4) is 5.75 Å². The summed E-state index contributed by atoms with van der Waals surface area (Å²) in [5.41, 5.74) is 1.49. The molecule has 2 aromatic rings. The van der Waals surface area contributed by atoms with Crippen LogP contribution in [0.1, 0.15) is 20.3 Å². The van der Waals surface area contributed by atoms with Crippen LogP contribution in [0.3, 0.4) is 0 Å². The molecule has 23 heavy (non-hydrogen) atoms. The van der Waals surface area contributed by atoms with Gasteiger partial charge in [0.15, 0.2) is 0 Å². The Bertz CT molecular complexity index is 725. The summed E-state index contributed by atoms with van der Waals surface area (Å²) in [6.07, 6.45) is 1.02. The monoisotopic (exact) mass is 334 g/mol. The van der Waals surface area contributed by atoms with Crippen LogP contribution >= 0.6 is 0 Å². The number of benzene rings is 2.